The number of aromatic nitrogens is 4. The fourth-order valence-electron chi connectivity index (χ4n) is 5.69. The van der Waals surface area contributed by atoms with Crippen LogP contribution in [-0.2, 0) is 6.18 Å². The molecule has 0 atom stereocenters. The summed E-state index contributed by atoms with van der Waals surface area (Å²) in [5, 5.41) is 28.9. The van der Waals surface area contributed by atoms with Crippen molar-refractivity contribution in [3.05, 3.63) is 139 Å². The fourth-order valence-corrected chi connectivity index (χ4v) is 5.69. The monoisotopic (exact) mass is 799 g/mol. The van der Waals surface area contributed by atoms with E-state index in [-0.39, 0.29) is 27.4 Å². The molecule has 2 aromatic heterocycles. The van der Waals surface area contributed by atoms with Crippen LogP contribution in [0.4, 0.5) is 43.9 Å². The highest BCUT2D eigenvalue weighted by atomic mass is 19.4. The molecule has 0 spiro atoms. The number of fused-ring (bicyclic) bond motifs is 3. The highest BCUT2D eigenvalue weighted by molar-refractivity contribution is 5.81. The Hall–Kier alpha value is -8.19. The van der Waals surface area contributed by atoms with Gasteiger partial charge in [0.05, 0.1) is 27.4 Å². The Bertz CT molecular complexity index is 3330. The number of hydrogen-bond donors (Lipinski definition) is 0. The summed E-state index contributed by atoms with van der Waals surface area (Å²) < 4.78 is 146. The first-order valence-corrected chi connectivity index (χ1v) is 15.6. The zero-order chi connectivity index (χ0) is 41.4. The summed E-state index contributed by atoms with van der Waals surface area (Å²) in [5.41, 5.74) is -5.75. The smallest absolute Gasteiger partial charge is 0.416 e. The Balaban J connectivity index is 1.37. The van der Waals surface area contributed by atoms with E-state index >= 15 is 0 Å². The molecule has 4 aromatic carbocycles. The van der Waals surface area contributed by atoms with Crippen LogP contribution in [0.2, 0.25) is 0 Å². The number of rotatable bonds is 4. The van der Waals surface area contributed by atoms with Gasteiger partial charge in [0.25, 0.3) is 5.89 Å². The maximum absolute atomic E-state index is 14.7. The quantitative estimate of drug-likeness (QED) is 0.0968. The van der Waals surface area contributed by atoms with Crippen LogP contribution in [-0.4, -0.2) is 19.9 Å². The second-order valence-electron chi connectivity index (χ2n) is 11.7. The van der Waals surface area contributed by atoms with E-state index in [4.69, 9.17) is 4.42 Å². The molecular weight excluding hydrogens is 792 g/mol. The van der Waals surface area contributed by atoms with Gasteiger partial charge in [-0.1, -0.05) is 0 Å². The van der Waals surface area contributed by atoms with Gasteiger partial charge in [0, 0.05) is 17.7 Å². The van der Waals surface area contributed by atoms with Gasteiger partial charge in [-0.2, -0.15) is 29.0 Å². The minimum absolute atomic E-state index is 0.170. The van der Waals surface area contributed by atoms with Crippen LogP contribution >= 0.6 is 0 Å². The van der Waals surface area contributed by atoms with Gasteiger partial charge in [0.2, 0.25) is 11.6 Å². The Morgan fingerprint density at radius 1 is 0.621 bits per heavy atom. The number of halogens is 10. The summed E-state index contributed by atoms with van der Waals surface area (Å²) in [6, 6.07) is 10.8. The summed E-state index contributed by atoms with van der Waals surface area (Å²) in [6.45, 7) is 0. The Morgan fingerprint density at radius 3 is 1.93 bits per heavy atom. The summed E-state index contributed by atoms with van der Waals surface area (Å²) in [5.74, 6) is -17.7. The van der Waals surface area contributed by atoms with Gasteiger partial charge in [-0.05, 0) is 30.3 Å². The molecule has 0 N–H and O–H groups in total. The minimum atomic E-state index is -4.77. The van der Waals surface area contributed by atoms with Crippen LogP contribution in [0.1, 0.15) is 22.5 Å². The zero-order valence-corrected chi connectivity index (χ0v) is 27.6. The fraction of sp³-hybridized carbons (Fsp3) is 0.0278. The van der Waals surface area contributed by atoms with Gasteiger partial charge in [0.1, 0.15) is 51.4 Å². The van der Waals surface area contributed by atoms with Gasteiger partial charge < -0.3 is 4.42 Å². The van der Waals surface area contributed by atoms with Crippen molar-refractivity contribution < 1.29 is 48.3 Å². The number of benzene rings is 4. The lowest BCUT2D eigenvalue weighted by Gasteiger charge is -2.07. The molecule has 0 saturated carbocycles. The number of oxazole rings is 1. The third-order valence-corrected chi connectivity index (χ3v) is 8.30. The summed E-state index contributed by atoms with van der Waals surface area (Å²) in [7, 11) is 0. The molecule has 58 heavy (non-hydrogen) atoms. The van der Waals surface area contributed by atoms with Gasteiger partial charge in [-0.25, -0.2) is 70.6 Å². The van der Waals surface area contributed by atoms with Crippen LogP contribution in [0.5, 0.6) is 0 Å². The van der Waals surface area contributed by atoms with E-state index in [1.54, 1.807) is 12.1 Å². The molecule has 0 fully saturated rings. The Morgan fingerprint density at radius 2 is 1.26 bits per heavy atom. The van der Waals surface area contributed by atoms with Crippen LogP contribution in [0.25, 0.3) is 45.3 Å². The van der Waals surface area contributed by atoms with E-state index in [1.165, 1.54) is 6.07 Å². The number of nitriles is 3. The number of nitrogens with zero attached hydrogens (tertiary/aromatic N) is 11. The van der Waals surface area contributed by atoms with E-state index in [0.29, 0.717) is 18.2 Å². The highest BCUT2D eigenvalue weighted by Crippen LogP contribution is 2.34. The van der Waals surface area contributed by atoms with Crippen molar-refractivity contribution in [1.82, 2.24) is 19.9 Å². The maximum atomic E-state index is 14.7. The second-order valence-corrected chi connectivity index (χ2v) is 11.7. The molecule has 282 valence electrons. The topological polar surface area (TPSA) is 186 Å². The number of hydrogen-bond acceptors (Lipinski definition) is 12. The summed E-state index contributed by atoms with van der Waals surface area (Å²) in [6.07, 6.45) is -4.77. The Labute approximate surface area is 312 Å². The zero-order valence-electron chi connectivity index (χ0n) is 27.6. The highest BCUT2D eigenvalue weighted by Gasteiger charge is 2.33. The van der Waals surface area contributed by atoms with Gasteiger partial charge in [-0.15, -0.1) is 0 Å². The number of alkyl halides is 3. The molecule has 0 radical (unpaired) electrons. The van der Waals surface area contributed by atoms with E-state index < -0.39 is 120 Å². The molecule has 0 unspecified atom stereocenters. The molecule has 0 bridgehead atoms. The standard InChI is InChI=1S/C36H7F10N11O/c37-12-6-17(38)29-20(7-12)51-32(54-29)16(10-49)33-55-30(56-34(57-33)35-52-19-5-11(36(44,45)46)1-4-21(19)58-35)13-2-3-18-28(14(13)8-47)53-31(50-18)15(9-48)22-23(39)25(41)27(43)26(42)24(22)40/h1-7H/b31-15+,32-16-. The molecule has 12 nitrogen and oxygen atoms in total. The average molecular weight is 800 g/mol. The first kappa shape index (κ1) is 36.8. The molecule has 22 heteroatoms. The summed E-state index contributed by atoms with van der Waals surface area (Å²) in [4.78, 5) is 32.5. The first-order valence-electron chi connectivity index (χ1n) is 15.6. The molecule has 2 aliphatic heterocycles. The van der Waals surface area contributed by atoms with Gasteiger partial charge in [0.15, 0.2) is 58.0 Å². The molecule has 8 rings (SSSR count). The lowest BCUT2D eigenvalue weighted by molar-refractivity contribution is -0.137. The molecule has 6 aromatic rings. The molecule has 0 amide bonds. The van der Waals surface area contributed by atoms with Crippen molar-refractivity contribution in [3.8, 4) is 41.3 Å². The molecular formula is C36H7F10N11O. The van der Waals surface area contributed by atoms with Gasteiger partial charge in [-0.3, -0.25) is 0 Å². The van der Waals surface area contributed by atoms with Crippen molar-refractivity contribution in [2.75, 3.05) is 0 Å². The van der Waals surface area contributed by atoms with E-state index in [9.17, 15) is 59.7 Å². The lowest BCUT2D eigenvalue weighted by Crippen LogP contribution is -2.25. The molecule has 0 aliphatic carbocycles. The van der Waals surface area contributed by atoms with Crippen molar-refractivity contribution in [3.63, 3.8) is 0 Å². The van der Waals surface area contributed by atoms with Crippen molar-refractivity contribution in [2.45, 2.75) is 6.18 Å². The number of allylic oxidation sites excluding steroid dienone is 2. The predicted octanol–water partition coefficient (Wildman–Crippen LogP) is 5.50. The van der Waals surface area contributed by atoms with Crippen LogP contribution < -0.4 is 21.4 Å². The van der Waals surface area contributed by atoms with Gasteiger partial charge >= 0.3 is 6.18 Å². The van der Waals surface area contributed by atoms with Crippen LogP contribution in [0.3, 0.4) is 0 Å². The maximum Gasteiger partial charge on any atom is 0.416 e. The predicted molar refractivity (Wildman–Crippen MR) is 170 cm³/mol. The van der Waals surface area contributed by atoms with Crippen LogP contribution in [0, 0.1) is 74.7 Å². The first-order chi connectivity index (χ1) is 27.6. The van der Waals surface area contributed by atoms with E-state index in [1.807, 2.05) is 0 Å². The lowest BCUT2D eigenvalue weighted by atomic mass is 10.0. The largest absolute Gasteiger partial charge is 0.434 e. The van der Waals surface area contributed by atoms with Crippen LogP contribution in [0.15, 0.2) is 78.5 Å². The van der Waals surface area contributed by atoms with E-state index in [0.717, 1.165) is 24.3 Å². The Kier molecular flexibility index (Phi) is 8.39. The average Bonchev–Trinajstić information content (AvgIpc) is 3.94. The second kappa shape index (κ2) is 13.2. The third-order valence-electron chi connectivity index (χ3n) is 8.30. The SMILES string of the molecule is N#C/C(=C1\N=c2cc(F)cc(F)c2=N1)c1nc(-c2nc3cc(C(F)(F)F)ccc3o2)nc(-c2ccc3c(c2C#N)=N/C(=C(\C#N)c2c(F)c(F)c(F)c(F)c2F)N=3)n1. The molecule has 4 heterocycles. The summed E-state index contributed by atoms with van der Waals surface area (Å²) >= 11 is 0. The van der Waals surface area contributed by atoms with Crippen molar-refractivity contribution >= 4 is 22.2 Å². The van der Waals surface area contributed by atoms with Crippen molar-refractivity contribution in [1.29, 1.82) is 15.8 Å². The molecule has 2 aliphatic rings. The minimum Gasteiger partial charge on any atom is -0.434 e. The van der Waals surface area contributed by atoms with E-state index in [2.05, 4.69) is 39.9 Å². The normalized spacial score (nSPS) is 14.6. The third kappa shape index (κ3) is 5.85. The molecule has 0 saturated heterocycles. The van der Waals surface area contributed by atoms with Crippen molar-refractivity contribution in [2.24, 2.45) is 20.0 Å².